The van der Waals surface area contributed by atoms with E-state index in [0.717, 1.165) is 72.1 Å². The Morgan fingerprint density at radius 2 is 0.732 bits per heavy atom. The molecule has 0 spiro atoms. The summed E-state index contributed by atoms with van der Waals surface area (Å²) >= 11 is 0. The molecule has 0 rings (SSSR count). The van der Waals surface area contributed by atoms with Gasteiger partial charge in [-0.05, 0) is 40.5 Å². The van der Waals surface area contributed by atoms with Crippen molar-refractivity contribution in [3.63, 3.8) is 0 Å². The van der Waals surface area contributed by atoms with Gasteiger partial charge in [-0.2, -0.15) is 0 Å². The summed E-state index contributed by atoms with van der Waals surface area (Å²) in [5.41, 5.74) is -7.79. The van der Waals surface area contributed by atoms with Crippen LogP contribution in [0.2, 0.25) is 0 Å². The highest BCUT2D eigenvalue weighted by Gasteiger charge is 2.69. The average molecular weight is 822 g/mol. The summed E-state index contributed by atoms with van der Waals surface area (Å²) in [5, 5.41) is 35.1. The van der Waals surface area contributed by atoms with Crippen LogP contribution in [0.25, 0.3) is 0 Å². The smallest absolute Gasteiger partial charge is 0.217 e. The number of aliphatic hydroxyl groups excluding tert-OH is 1. The summed E-state index contributed by atoms with van der Waals surface area (Å²) in [7, 11) is -5.41. The van der Waals surface area contributed by atoms with Crippen LogP contribution in [-0.2, 0) is 24.2 Å². The van der Waals surface area contributed by atoms with Crippen molar-refractivity contribution in [2.24, 2.45) is 5.41 Å². The molecule has 0 aliphatic carbocycles. The minimum absolute atomic E-state index is 0. The summed E-state index contributed by atoms with van der Waals surface area (Å²) in [6.07, 6.45) is 30.4. The van der Waals surface area contributed by atoms with Crippen molar-refractivity contribution in [1.82, 2.24) is 6.15 Å². The van der Waals surface area contributed by atoms with Crippen molar-refractivity contribution < 1.29 is 42.1 Å². The highest BCUT2D eigenvalue weighted by atomic mass is 32.3. The molecule has 0 aromatic rings. The van der Waals surface area contributed by atoms with E-state index in [9.17, 15) is 37.9 Å². The van der Waals surface area contributed by atoms with Crippen LogP contribution in [0.15, 0.2) is 0 Å². The van der Waals surface area contributed by atoms with Crippen molar-refractivity contribution in [1.29, 1.82) is 0 Å². The van der Waals surface area contributed by atoms with Crippen LogP contribution in [0, 0.1) is 5.41 Å². The van der Waals surface area contributed by atoms with Crippen molar-refractivity contribution in [3.05, 3.63) is 0 Å². The molecule has 0 aromatic heterocycles. The molecule has 0 saturated carbocycles. The fourth-order valence-corrected chi connectivity index (χ4v) is 9.44. The van der Waals surface area contributed by atoms with Gasteiger partial charge in [0.15, 0.2) is 11.6 Å². The van der Waals surface area contributed by atoms with E-state index >= 15 is 0 Å². The minimum Gasteiger partial charge on any atom is -0.726 e. The van der Waals surface area contributed by atoms with Gasteiger partial charge in [-0.3, -0.25) is 13.8 Å². The van der Waals surface area contributed by atoms with Crippen molar-refractivity contribution in [2.75, 3.05) is 0 Å². The number of hydrogen-bond acceptors (Lipinski definition) is 9. The molecule has 4 atom stereocenters. The lowest BCUT2D eigenvalue weighted by atomic mass is 9.53. The molecular formula is C45H91NO9S. The summed E-state index contributed by atoms with van der Waals surface area (Å²) in [5.74, 6) is -1.52. The van der Waals surface area contributed by atoms with Crippen molar-refractivity contribution >= 4 is 22.0 Å². The third-order valence-electron chi connectivity index (χ3n) is 12.3. The maximum absolute atomic E-state index is 13.7. The van der Waals surface area contributed by atoms with Gasteiger partial charge in [-0.1, -0.05) is 194 Å². The standard InChI is InChI=1S/C45H88O9S.H3N/c1-7-9-11-13-15-17-19-21-23-25-27-29-31-33-35-37-41(47)43(5,49)45(39(3)46,40(4)54-55(51,52)53)44(6,50)42(48)38-36-34-32-30-28-26-24-22-20-18-16-14-12-10-8-2;/h39-40,46,49-50H,7-38H2,1-6H3,(H,51,52,53);1H3. The molecule has 0 fully saturated rings. The quantitative estimate of drug-likeness (QED) is 0.0264. The van der Waals surface area contributed by atoms with Gasteiger partial charge in [0.05, 0.1) is 17.6 Å². The number of ketones is 2. The molecule has 4 unspecified atom stereocenters. The first-order valence-corrected chi connectivity index (χ1v) is 24.2. The van der Waals surface area contributed by atoms with Crippen LogP contribution < -0.4 is 6.15 Å². The molecular weight excluding hydrogens is 731 g/mol. The fraction of sp³-hybridized carbons (Fsp3) is 0.956. The predicted molar refractivity (Wildman–Crippen MR) is 231 cm³/mol. The number of carbonyl (C=O) groups is 2. The second-order valence-electron chi connectivity index (χ2n) is 17.1. The number of carbonyl (C=O) groups excluding carboxylic acids is 2. The predicted octanol–water partition coefficient (Wildman–Crippen LogP) is 11.8. The van der Waals surface area contributed by atoms with Gasteiger partial charge >= 0.3 is 0 Å². The zero-order valence-corrected chi connectivity index (χ0v) is 38.3. The molecule has 336 valence electrons. The van der Waals surface area contributed by atoms with Crippen LogP contribution in [-0.4, -0.2) is 63.3 Å². The summed E-state index contributed by atoms with van der Waals surface area (Å²) in [6, 6.07) is 0. The van der Waals surface area contributed by atoms with Gasteiger partial charge in [0.1, 0.15) is 11.2 Å². The molecule has 0 bridgehead atoms. The van der Waals surface area contributed by atoms with Crippen LogP contribution in [0.4, 0.5) is 0 Å². The van der Waals surface area contributed by atoms with Gasteiger partial charge in [-0.15, -0.1) is 0 Å². The van der Waals surface area contributed by atoms with Gasteiger partial charge in [0.2, 0.25) is 10.4 Å². The van der Waals surface area contributed by atoms with Gasteiger partial charge in [0.25, 0.3) is 0 Å². The number of Topliss-reactive ketones (excluding diaryl/α,β-unsaturated/α-hetero) is 2. The lowest BCUT2D eigenvalue weighted by molar-refractivity contribution is -0.246. The topological polar surface area (TPSA) is 198 Å². The van der Waals surface area contributed by atoms with E-state index in [1.54, 1.807) is 0 Å². The van der Waals surface area contributed by atoms with E-state index in [1.807, 2.05) is 0 Å². The third kappa shape index (κ3) is 22.4. The Bertz CT molecular complexity index is 1020. The second-order valence-corrected chi connectivity index (χ2v) is 18.1. The van der Waals surface area contributed by atoms with E-state index in [1.165, 1.54) is 135 Å². The Balaban J connectivity index is 0. The largest absolute Gasteiger partial charge is 0.726 e. The van der Waals surface area contributed by atoms with Crippen LogP contribution in [0.5, 0.6) is 0 Å². The Hall–Kier alpha value is -0.950. The monoisotopic (exact) mass is 822 g/mol. The van der Waals surface area contributed by atoms with E-state index < -0.39 is 50.8 Å². The van der Waals surface area contributed by atoms with E-state index in [4.69, 9.17) is 4.18 Å². The maximum Gasteiger partial charge on any atom is 0.217 e. The Morgan fingerprint density at radius 1 is 0.518 bits per heavy atom. The first-order valence-electron chi connectivity index (χ1n) is 22.9. The Morgan fingerprint density at radius 3 is 0.929 bits per heavy atom. The molecule has 0 aliphatic heterocycles. The SMILES string of the molecule is CCCCCCCCCCCCCCCCCC(=O)C(C)(O)C(C(C)O)(C(C)OS(=O)(=O)[O-])C(C)(O)C(=O)CCCCCCCCCCCCCCCCC.[NH4+]. The Labute approximate surface area is 345 Å². The van der Waals surface area contributed by atoms with Gasteiger partial charge in [-0.25, -0.2) is 8.42 Å². The minimum atomic E-state index is -5.41. The number of quaternary nitrogens is 1. The molecule has 11 heteroatoms. The van der Waals surface area contributed by atoms with Crippen LogP contribution in [0.1, 0.15) is 247 Å². The second kappa shape index (κ2) is 32.8. The molecule has 0 radical (unpaired) electrons. The molecule has 7 N–H and O–H groups in total. The molecule has 56 heavy (non-hydrogen) atoms. The molecule has 0 amide bonds. The highest BCUT2D eigenvalue weighted by Crippen LogP contribution is 2.51. The Kier molecular flexibility index (Phi) is 33.5. The number of unbranched alkanes of at least 4 members (excludes halogenated alkanes) is 28. The number of rotatable bonds is 40. The van der Waals surface area contributed by atoms with E-state index in [2.05, 4.69) is 13.8 Å². The molecule has 0 aliphatic rings. The van der Waals surface area contributed by atoms with Crippen molar-refractivity contribution in [3.8, 4) is 0 Å². The van der Waals surface area contributed by atoms with Crippen LogP contribution >= 0.6 is 0 Å². The lowest BCUT2D eigenvalue weighted by Crippen LogP contribution is -2.74. The molecule has 0 saturated heterocycles. The first kappa shape index (κ1) is 57.1. The normalized spacial score (nSPS) is 16.3. The zero-order chi connectivity index (χ0) is 41.6. The summed E-state index contributed by atoms with van der Waals surface area (Å²) in [6.45, 7) is 8.90. The number of aliphatic hydroxyl groups is 3. The zero-order valence-electron chi connectivity index (χ0n) is 37.5. The van der Waals surface area contributed by atoms with Gasteiger partial charge < -0.3 is 26.0 Å². The summed E-state index contributed by atoms with van der Waals surface area (Å²) in [4.78, 5) is 27.5. The fourth-order valence-electron chi connectivity index (χ4n) is 8.93. The van der Waals surface area contributed by atoms with E-state index in [-0.39, 0.29) is 19.0 Å². The van der Waals surface area contributed by atoms with Crippen LogP contribution in [0.3, 0.4) is 0 Å². The third-order valence-corrected chi connectivity index (χ3v) is 12.8. The highest BCUT2D eigenvalue weighted by molar-refractivity contribution is 7.80. The molecule has 0 aromatic carbocycles. The lowest BCUT2D eigenvalue weighted by Gasteiger charge is -2.56. The molecule has 10 nitrogen and oxygen atoms in total. The average Bonchev–Trinajstić information content (AvgIpc) is 3.10. The van der Waals surface area contributed by atoms with Crippen molar-refractivity contribution in [2.45, 2.75) is 270 Å². The van der Waals surface area contributed by atoms with Gasteiger partial charge in [0, 0.05) is 12.8 Å². The summed E-state index contributed by atoms with van der Waals surface area (Å²) < 4.78 is 40.0. The van der Waals surface area contributed by atoms with E-state index in [0.29, 0.717) is 12.8 Å². The first-order chi connectivity index (χ1) is 26.0. The number of hydrogen-bond donors (Lipinski definition) is 4. The molecule has 0 heterocycles. The maximum atomic E-state index is 13.7.